The number of hydrogen-bond donors (Lipinski definition) is 3. The molecule has 1 aromatic rings. The number of nitrogens with two attached hydrogens (primary N) is 1. The number of rotatable bonds is 9. The average molecular weight is 505 g/mol. The molecule has 0 aliphatic carbocycles. The molecule has 1 heterocycles. The highest BCUT2D eigenvalue weighted by molar-refractivity contribution is 14.0. The Balaban J connectivity index is 0.00000392. The third kappa shape index (κ3) is 9.07. The van der Waals surface area contributed by atoms with E-state index in [0.717, 1.165) is 50.9 Å². The van der Waals surface area contributed by atoms with Crippen LogP contribution < -0.4 is 21.1 Å². The van der Waals surface area contributed by atoms with Gasteiger partial charge in [0.1, 0.15) is 5.75 Å². The summed E-state index contributed by atoms with van der Waals surface area (Å²) in [4.78, 5) is 17.9. The second-order valence-corrected chi connectivity index (χ2v) is 6.48. The van der Waals surface area contributed by atoms with E-state index in [2.05, 4.69) is 27.4 Å². The first kappa shape index (κ1) is 24.4. The van der Waals surface area contributed by atoms with E-state index in [4.69, 9.17) is 15.2 Å². The topological polar surface area (TPSA) is 101 Å². The molecule has 28 heavy (non-hydrogen) atoms. The van der Waals surface area contributed by atoms with Crippen molar-refractivity contribution in [1.29, 1.82) is 0 Å². The number of aliphatic imine (C=N–C) groups is 1. The summed E-state index contributed by atoms with van der Waals surface area (Å²) in [6.45, 7) is 9.77. The van der Waals surface area contributed by atoms with Gasteiger partial charge in [-0.25, -0.2) is 4.99 Å². The lowest BCUT2D eigenvalue weighted by molar-refractivity contribution is -0.119. The lowest BCUT2D eigenvalue weighted by atomic mass is 10.2. The van der Waals surface area contributed by atoms with Crippen molar-refractivity contribution in [2.45, 2.75) is 26.4 Å². The molecule has 0 spiro atoms. The van der Waals surface area contributed by atoms with Crippen molar-refractivity contribution < 1.29 is 14.3 Å². The van der Waals surface area contributed by atoms with E-state index in [1.807, 2.05) is 25.1 Å². The third-order valence-electron chi connectivity index (χ3n) is 4.28. The minimum absolute atomic E-state index is 0. The molecule has 1 aliphatic heterocycles. The van der Waals surface area contributed by atoms with Gasteiger partial charge in [0.25, 0.3) is 5.91 Å². The molecule has 0 saturated carbocycles. The number of nitrogens with one attached hydrogen (secondary N) is 2. The fourth-order valence-electron chi connectivity index (χ4n) is 2.79. The van der Waals surface area contributed by atoms with E-state index in [-0.39, 0.29) is 30.6 Å². The van der Waals surface area contributed by atoms with Crippen LogP contribution >= 0.6 is 24.0 Å². The first-order valence-corrected chi connectivity index (χ1v) is 9.42. The summed E-state index contributed by atoms with van der Waals surface area (Å²) in [6, 6.07) is 7.92. The van der Waals surface area contributed by atoms with Gasteiger partial charge in [0.05, 0.1) is 19.8 Å². The maximum absolute atomic E-state index is 10.8. The summed E-state index contributed by atoms with van der Waals surface area (Å²) in [5, 5.41) is 6.68. The van der Waals surface area contributed by atoms with Crippen LogP contribution in [-0.4, -0.2) is 68.8 Å². The number of carbonyl (C=O) groups excluding carboxylic acids is 1. The number of guanidine groups is 1. The number of hydrogen-bond acceptors (Lipinski definition) is 5. The first-order valence-electron chi connectivity index (χ1n) is 9.42. The monoisotopic (exact) mass is 505 g/mol. The molecule has 1 fully saturated rings. The highest BCUT2D eigenvalue weighted by Gasteiger charge is 2.16. The van der Waals surface area contributed by atoms with Gasteiger partial charge in [0.2, 0.25) is 0 Å². The van der Waals surface area contributed by atoms with Gasteiger partial charge in [0, 0.05) is 32.2 Å². The normalized spacial score (nSPS) is 16.0. The van der Waals surface area contributed by atoms with E-state index in [9.17, 15) is 4.79 Å². The Hall–Kier alpha value is -1.59. The van der Waals surface area contributed by atoms with Gasteiger partial charge in [-0.2, -0.15) is 0 Å². The van der Waals surface area contributed by atoms with Crippen molar-refractivity contribution in [2.75, 3.05) is 46.0 Å². The van der Waals surface area contributed by atoms with Gasteiger partial charge >= 0.3 is 0 Å². The molecule has 158 valence electrons. The molecular formula is C19H32IN5O3. The van der Waals surface area contributed by atoms with Crippen LogP contribution in [0.2, 0.25) is 0 Å². The summed E-state index contributed by atoms with van der Waals surface area (Å²) in [5.41, 5.74) is 6.10. The molecule has 4 N–H and O–H groups in total. The molecular weight excluding hydrogens is 473 g/mol. The van der Waals surface area contributed by atoms with Gasteiger partial charge in [0.15, 0.2) is 12.6 Å². The maximum atomic E-state index is 10.8. The van der Waals surface area contributed by atoms with Gasteiger partial charge in [-0.15, -0.1) is 24.0 Å². The fourth-order valence-corrected chi connectivity index (χ4v) is 2.79. The smallest absolute Gasteiger partial charge is 0.255 e. The molecule has 1 amide bonds. The number of morpholine rings is 1. The summed E-state index contributed by atoms with van der Waals surface area (Å²) < 4.78 is 10.7. The molecule has 1 aromatic carbocycles. The van der Waals surface area contributed by atoms with Crippen LogP contribution in [0.4, 0.5) is 0 Å². The van der Waals surface area contributed by atoms with E-state index in [1.165, 1.54) is 0 Å². The molecule has 0 aromatic heterocycles. The second-order valence-electron chi connectivity index (χ2n) is 6.48. The zero-order valence-electron chi connectivity index (χ0n) is 16.6. The minimum Gasteiger partial charge on any atom is -0.484 e. The predicted octanol–water partition coefficient (Wildman–Crippen LogP) is 0.945. The zero-order chi connectivity index (χ0) is 19.5. The van der Waals surface area contributed by atoms with Crippen molar-refractivity contribution in [3.8, 4) is 5.75 Å². The van der Waals surface area contributed by atoms with Crippen LogP contribution in [0, 0.1) is 0 Å². The summed E-state index contributed by atoms with van der Waals surface area (Å²) in [5.74, 6) is 0.896. The van der Waals surface area contributed by atoms with E-state index >= 15 is 0 Å². The van der Waals surface area contributed by atoms with Gasteiger partial charge in [-0.05, 0) is 31.5 Å². The summed E-state index contributed by atoms with van der Waals surface area (Å²) in [6.07, 6.45) is 0. The largest absolute Gasteiger partial charge is 0.484 e. The Morgan fingerprint density at radius 1 is 1.36 bits per heavy atom. The standard InChI is InChI=1S/C19H31N5O3.HI/c1-3-21-19(22-12-15(2)24-7-9-26-10-8-24)23-13-16-5-4-6-17(11-16)27-14-18(20)25;/h4-6,11,15H,3,7-10,12-14H2,1-2H3,(H2,20,25)(H2,21,22,23);1H. The molecule has 0 radical (unpaired) electrons. The van der Waals surface area contributed by atoms with Crippen molar-refractivity contribution >= 4 is 35.8 Å². The van der Waals surface area contributed by atoms with Crippen LogP contribution in [0.3, 0.4) is 0 Å². The molecule has 0 bridgehead atoms. The molecule has 1 unspecified atom stereocenters. The molecule has 9 heteroatoms. The summed E-state index contributed by atoms with van der Waals surface area (Å²) >= 11 is 0. The lowest BCUT2D eigenvalue weighted by Gasteiger charge is -2.32. The Kier molecular flexibility index (Phi) is 11.8. The van der Waals surface area contributed by atoms with E-state index in [1.54, 1.807) is 6.07 Å². The van der Waals surface area contributed by atoms with Gasteiger partial charge in [-0.3, -0.25) is 9.69 Å². The average Bonchev–Trinajstić information content (AvgIpc) is 2.69. The Labute approximate surface area is 184 Å². The van der Waals surface area contributed by atoms with Crippen LogP contribution in [0.15, 0.2) is 29.3 Å². The Morgan fingerprint density at radius 3 is 2.79 bits per heavy atom. The Bertz CT molecular complexity index is 623. The van der Waals surface area contributed by atoms with Crippen molar-refractivity contribution in [3.05, 3.63) is 29.8 Å². The molecule has 1 saturated heterocycles. The van der Waals surface area contributed by atoms with E-state index < -0.39 is 5.91 Å². The maximum Gasteiger partial charge on any atom is 0.255 e. The number of amides is 1. The lowest BCUT2D eigenvalue weighted by Crippen LogP contribution is -2.49. The van der Waals surface area contributed by atoms with Crippen molar-refractivity contribution in [3.63, 3.8) is 0 Å². The number of halogens is 1. The van der Waals surface area contributed by atoms with E-state index in [0.29, 0.717) is 18.3 Å². The second kappa shape index (κ2) is 13.6. The highest BCUT2D eigenvalue weighted by Crippen LogP contribution is 2.14. The number of ether oxygens (including phenoxy) is 2. The molecule has 1 aliphatic rings. The minimum atomic E-state index is -0.494. The zero-order valence-corrected chi connectivity index (χ0v) is 19.0. The SMILES string of the molecule is CCNC(=NCc1cccc(OCC(N)=O)c1)NCC(C)N1CCOCC1.I. The predicted molar refractivity (Wildman–Crippen MR) is 121 cm³/mol. The van der Waals surface area contributed by atoms with Crippen molar-refractivity contribution in [2.24, 2.45) is 10.7 Å². The number of nitrogens with zero attached hydrogens (tertiary/aromatic N) is 2. The Morgan fingerprint density at radius 2 is 2.11 bits per heavy atom. The molecule has 1 atom stereocenters. The third-order valence-corrected chi connectivity index (χ3v) is 4.28. The first-order chi connectivity index (χ1) is 13.1. The number of carbonyl (C=O) groups is 1. The van der Waals surface area contributed by atoms with Crippen LogP contribution in [0.5, 0.6) is 5.75 Å². The van der Waals surface area contributed by atoms with Crippen LogP contribution in [-0.2, 0) is 16.1 Å². The van der Waals surface area contributed by atoms with Gasteiger partial charge < -0.3 is 25.8 Å². The van der Waals surface area contributed by atoms with Gasteiger partial charge in [-0.1, -0.05) is 12.1 Å². The quantitative estimate of drug-likeness (QED) is 0.263. The molecule has 8 nitrogen and oxygen atoms in total. The highest BCUT2D eigenvalue weighted by atomic mass is 127. The fraction of sp³-hybridized carbons (Fsp3) is 0.579. The number of primary amides is 1. The van der Waals surface area contributed by atoms with Crippen molar-refractivity contribution in [1.82, 2.24) is 15.5 Å². The van der Waals surface area contributed by atoms with Crippen LogP contribution in [0.1, 0.15) is 19.4 Å². The number of benzene rings is 1. The summed E-state index contributed by atoms with van der Waals surface area (Å²) in [7, 11) is 0. The van der Waals surface area contributed by atoms with Crippen LogP contribution in [0.25, 0.3) is 0 Å². The molecule has 2 rings (SSSR count).